The Kier molecular flexibility index (Phi) is 8.74. The largest absolute Gasteiger partial charge is 0.342 e. The molecule has 1 N–H and O–H groups in total. The van der Waals surface area contributed by atoms with Crippen molar-refractivity contribution >= 4 is 29.7 Å². The van der Waals surface area contributed by atoms with Crippen LogP contribution in [0.15, 0.2) is 29.6 Å². The van der Waals surface area contributed by atoms with Crippen molar-refractivity contribution in [3.63, 3.8) is 0 Å². The highest BCUT2D eigenvalue weighted by Crippen LogP contribution is 2.25. The lowest BCUT2D eigenvalue weighted by Gasteiger charge is -2.32. The van der Waals surface area contributed by atoms with Crippen LogP contribution in [0.1, 0.15) is 37.9 Å². The van der Waals surface area contributed by atoms with E-state index in [0.29, 0.717) is 12.3 Å². The summed E-state index contributed by atoms with van der Waals surface area (Å²) in [5.41, 5.74) is 3.36. The second-order valence-corrected chi connectivity index (χ2v) is 7.86. The predicted molar refractivity (Wildman–Crippen MR) is 116 cm³/mol. The third-order valence-electron chi connectivity index (χ3n) is 5.14. The molecule has 148 valence electrons. The Morgan fingerprint density at radius 1 is 1.22 bits per heavy atom. The standard InChI is InChI=1S/C21H29N3OS.ClH/c1-3-16-5-7-18(8-6-16)21-23-19(15-26-21)13-20(25)24-11-9-17(10-12-24)14-22-4-2;/h5-8,15,17,22H,3-4,9-14H2,1-2H3;1H. The summed E-state index contributed by atoms with van der Waals surface area (Å²) in [7, 11) is 0. The van der Waals surface area contributed by atoms with Crippen molar-refractivity contribution in [2.24, 2.45) is 5.92 Å². The number of likely N-dealkylation sites (tertiary alicyclic amines) is 1. The van der Waals surface area contributed by atoms with Crippen LogP contribution in [0.4, 0.5) is 0 Å². The molecule has 0 saturated carbocycles. The quantitative estimate of drug-likeness (QED) is 0.748. The molecule has 1 aromatic carbocycles. The van der Waals surface area contributed by atoms with Crippen LogP contribution in [0.3, 0.4) is 0 Å². The Hall–Kier alpha value is -1.43. The zero-order valence-electron chi connectivity index (χ0n) is 16.2. The van der Waals surface area contributed by atoms with Crippen molar-refractivity contribution in [3.8, 4) is 10.6 Å². The summed E-state index contributed by atoms with van der Waals surface area (Å²) in [5.74, 6) is 0.918. The first-order valence-electron chi connectivity index (χ1n) is 9.71. The van der Waals surface area contributed by atoms with Gasteiger partial charge in [0.05, 0.1) is 12.1 Å². The first-order chi connectivity index (χ1) is 12.7. The number of carbonyl (C=O) groups excluding carboxylic acids is 1. The predicted octanol–water partition coefficient (Wildman–Crippen LogP) is 4.18. The summed E-state index contributed by atoms with van der Waals surface area (Å²) in [5, 5.41) is 6.44. The summed E-state index contributed by atoms with van der Waals surface area (Å²) in [6.45, 7) is 8.15. The monoisotopic (exact) mass is 407 g/mol. The minimum atomic E-state index is 0. The van der Waals surface area contributed by atoms with Gasteiger partial charge in [0.25, 0.3) is 0 Å². The smallest absolute Gasteiger partial charge is 0.228 e. The van der Waals surface area contributed by atoms with E-state index in [1.807, 2.05) is 10.3 Å². The van der Waals surface area contributed by atoms with Gasteiger partial charge in [-0.25, -0.2) is 4.98 Å². The lowest BCUT2D eigenvalue weighted by atomic mass is 9.96. The van der Waals surface area contributed by atoms with E-state index in [1.165, 1.54) is 5.56 Å². The van der Waals surface area contributed by atoms with E-state index in [2.05, 4.69) is 48.4 Å². The molecule has 1 aliphatic rings. The van der Waals surface area contributed by atoms with E-state index in [-0.39, 0.29) is 18.3 Å². The number of carbonyl (C=O) groups is 1. The second kappa shape index (κ2) is 10.8. The number of hydrogen-bond donors (Lipinski definition) is 1. The molecular formula is C21H30ClN3OS. The molecule has 1 aromatic heterocycles. The fourth-order valence-electron chi connectivity index (χ4n) is 3.41. The van der Waals surface area contributed by atoms with Gasteiger partial charge in [0.1, 0.15) is 5.01 Å². The zero-order chi connectivity index (χ0) is 18.4. The van der Waals surface area contributed by atoms with Crippen molar-refractivity contribution < 1.29 is 4.79 Å². The third-order valence-corrected chi connectivity index (χ3v) is 6.08. The van der Waals surface area contributed by atoms with Crippen molar-refractivity contribution in [3.05, 3.63) is 40.9 Å². The number of amides is 1. The third kappa shape index (κ3) is 6.03. The van der Waals surface area contributed by atoms with E-state index < -0.39 is 0 Å². The summed E-state index contributed by atoms with van der Waals surface area (Å²) < 4.78 is 0. The zero-order valence-corrected chi connectivity index (χ0v) is 17.9. The van der Waals surface area contributed by atoms with E-state index >= 15 is 0 Å². The first kappa shape index (κ1) is 21.9. The maximum absolute atomic E-state index is 12.6. The number of rotatable bonds is 7. The molecule has 0 radical (unpaired) electrons. The normalized spacial score (nSPS) is 14.8. The van der Waals surface area contributed by atoms with Gasteiger partial charge in [0.15, 0.2) is 0 Å². The van der Waals surface area contributed by atoms with Gasteiger partial charge in [-0.05, 0) is 43.8 Å². The number of thiazole rings is 1. The molecule has 27 heavy (non-hydrogen) atoms. The van der Waals surface area contributed by atoms with E-state index in [1.54, 1.807) is 11.3 Å². The Morgan fingerprint density at radius 2 is 1.93 bits per heavy atom. The van der Waals surface area contributed by atoms with Crippen LogP contribution in [0.25, 0.3) is 10.6 Å². The Bertz CT molecular complexity index is 708. The molecule has 2 aromatic rings. The van der Waals surface area contributed by atoms with E-state index in [4.69, 9.17) is 0 Å². The SMILES string of the molecule is CCNCC1CCN(C(=O)Cc2csc(-c3ccc(CC)cc3)n2)CC1.Cl. The van der Waals surface area contributed by atoms with E-state index in [9.17, 15) is 4.79 Å². The van der Waals surface area contributed by atoms with Crippen molar-refractivity contribution in [1.29, 1.82) is 0 Å². The molecule has 0 unspecified atom stereocenters. The van der Waals surface area contributed by atoms with Crippen LogP contribution in [0.2, 0.25) is 0 Å². The van der Waals surface area contributed by atoms with Gasteiger partial charge in [-0.2, -0.15) is 0 Å². The molecule has 1 aliphatic heterocycles. The average molecular weight is 408 g/mol. The van der Waals surface area contributed by atoms with Crippen molar-refractivity contribution in [1.82, 2.24) is 15.2 Å². The Morgan fingerprint density at radius 3 is 2.56 bits per heavy atom. The van der Waals surface area contributed by atoms with Crippen LogP contribution in [-0.4, -0.2) is 42.0 Å². The summed E-state index contributed by atoms with van der Waals surface area (Å²) in [6.07, 6.45) is 3.67. The molecule has 0 atom stereocenters. The molecule has 1 fully saturated rings. The van der Waals surface area contributed by atoms with Crippen molar-refractivity contribution in [2.75, 3.05) is 26.2 Å². The van der Waals surface area contributed by atoms with Crippen LogP contribution >= 0.6 is 23.7 Å². The molecule has 2 heterocycles. The maximum atomic E-state index is 12.6. The topological polar surface area (TPSA) is 45.2 Å². The maximum Gasteiger partial charge on any atom is 0.228 e. The molecule has 0 aliphatic carbocycles. The summed E-state index contributed by atoms with van der Waals surface area (Å²) >= 11 is 1.62. The van der Waals surface area contributed by atoms with Crippen LogP contribution in [-0.2, 0) is 17.6 Å². The second-order valence-electron chi connectivity index (χ2n) is 7.00. The summed E-state index contributed by atoms with van der Waals surface area (Å²) in [4.78, 5) is 19.3. The Labute approximate surface area is 172 Å². The van der Waals surface area contributed by atoms with Gasteiger partial charge < -0.3 is 10.2 Å². The lowest BCUT2D eigenvalue weighted by Crippen LogP contribution is -2.41. The molecular weight excluding hydrogens is 378 g/mol. The van der Waals surface area contributed by atoms with Crippen LogP contribution in [0.5, 0.6) is 0 Å². The minimum absolute atomic E-state index is 0. The van der Waals surface area contributed by atoms with Gasteiger partial charge in [-0.3, -0.25) is 4.79 Å². The van der Waals surface area contributed by atoms with E-state index in [0.717, 1.165) is 61.7 Å². The number of aryl methyl sites for hydroxylation is 1. The van der Waals surface area contributed by atoms with Gasteiger partial charge in [-0.1, -0.05) is 38.1 Å². The number of nitrogens with one attached hydrogen (secondary N) is 1. The molecule has 1 saturated heterocycles. The number of benzene rings is 1. The number of hydrogen-bond acceptors (Lipinski definition) is 4. The van der Waals surface area contributed by atoms with Gasteiger partial charge in [-0.15, -0.1) is 23.7 Å². The highest BCUT2D eigenvalue weighted by atomic mass is 35.5. The fourth-order valence-corrected chi connectivity index (χ4v) is 4.23. The van der Waals surface area contributed by atoms with Gasteiger partial charge in [0.2, 0.25) is 5.91 Å². The molecule has 0 bridgehead atoms. The average Bonchev–Trinajstić information content (AvgIpc) is 3.15. The lowest BCUT2D eigenvalue weighted by molar-refractivity contribution is -0.131. The summed E-state index contributed by atoms with van der Waals surface area (Å²) in [6, 6.07) is 8.55. The van der Waals surface area contributed by atoms with Crippen LogP contribution in [0, 0.1) is 5.92 Å². The first-order valence-corrected chi connectivity index (χ1v) is 10.6. The highest BCUT2D eigenvalue weighted by Gasteiger charge is 2.23. The number of piperidine rings is 1. The number of nitrogens with zero attached hydrogens (tertiary/aromatic N) is 2. The highest BCUT2D eigenvalue weighted by molar-refractivity contribution is 7.13. The van der Waals surface area contributed by atoms with Gasteiger partial charge >= 0.3 is 0 Å². The Balaban J connectivity index is 0.00000261. The van der Waals surface area contributed by atoms with Crippen molar-refractivity contribution in [2.45, 2.75) is 39.5 Å². The fraction of sp³-hybridized carbons (Fsp3) is 0.524. The molecule has 0 spiro atoms. The molecule has 4 nitrogen and oxygen atoms in total. The molecule has 3 rings (SSSR count). The van der Waals surface area contributed by atoms with Crippen LogP contribution < -0.4 is 5.32 Å². The number of aromatic nitrogens is 1. The molecule has 6 heteroatoms. The minimum Gasteiger partial charge on any atom is -0.342 e. The number of halogens is 1. The van der Waals surface area contributed by atoms with Gasteiger partial charge in [0, 0.05) is 24.0 Å². The molecule has 1 amide bonds.